The van der Waals surface area contributed by atoms with Gasteiger partial charge in [-0.1, -0.05) is 36.7 Å². The molecule has 1 N–H and O–H groups in total. The van der Waals surface area contributed by atoms with Crippen molar-refractivity contribution in [2.45, 2.75) is 51.6 Å². The Morgan fingerprint density at radius 2 is 2.10 bits per heavy atom. The van der Waals surface area contributed by atoms with Gasteiger partial charge in [-0.15, -0.1) is 0 Å². The molecule has 1 unspecified atom stereocenters. The number of ether oxygens (including phenoxy) is 1. The maximum absolute atomic E-state index is 13.2. The average molecular weight is 431 g/mol. The van der Waals surface area contributed by atoms with E-state index in [4.69, 9.17) is 21.4 Å². The quantitative estimate of drug-likeness (QED) is 0.733. The molecule has 0 radical (unpaired) electrons. The molecular formula is C23H31ClN4O2. The summed E-state index contributed by atoms with van der Waals surface area (Å²) < 4.78 is 7.48. The molecule has 1 aromatic heterocycles. The number of fused-ring (bicyclic) bond motifs is 1. The smallest absolute Gasteiger partial charge is 0.274 e. The monoisotopic (exact) mass is 430 g/mol. The summed E-state index contributed by atoms with van der Waals surface area (Å²) in [6.07, 6.45) is 4.79. The van der Waals surface area contributed by atoms with E-state index >= 15 is 0 Å². The molecule has 0 bridgehead atoms. The lowest BCUT2D eigenvalue weighted by Crippen LogP contribution is -2.42. The number of aromatic nitrogens is 2. The first-order valence-corrected chi connectivity index (χ1v) is 11.5. The van der Waals surface area contributed by atoms with E-state index in [0.717, 1.165) is 55.8 Å². The second-order valence-corrected chi connectivity index (χ2v) is 8.54. The number of morpholine rings is 1. The van der Waals surface area contributed by atoms with E-state index in [1.807, 2.05) is 23.1 Å². The van der Waals surface area contributed by atoms with E-state index in [0.29, 0.717) is 38.0 Å². The summed E-state index contributed by atoms with van der Waals surface area (Å²) >= 11 is 6.28. The van der Waals surface area contributed by atoms with Crippen molar-refractivity contribution in [1.29, 1.82) is 0 Å². The van der Waals surface area contributed by atoms with Gasteiger partial charge in [0, 0.05) is 42.0 Å². The Bertz CT molecular complexity index is 876. The molecule has 1 aliphatic heterocycles. The lowest BCUT2D eigenvalue weighted by atomic mass is 9.91. The Labute approximate surface area is 183 Å². The number of benzene rings is 1. The maximum atomic E-state index is 13.2. The van der Waals surface area contributed by atoms with Crippen molar-refractivity contribution in [1.82, 2.24) is 20.0 Å². The summed E-state index contributed by atoms with van der Waals surface area (Å²) in [6.45, 7) is 6.40. The van der Waals surface area contributed by atoms with Gasteiger partial charge in [0.2, 0.25) is 0 Å². The van der Waals surface area contributed by atoms with Gasteiger partial charge in [-0.2, -0.15) is 5.10 Å². The number of rotatable bonds is 7. The minimum Gasteiger partial charge on any atom is -0.378 e. The number of hydrogen-bond acceptors (Lipinski definition) is 4. The lowest BCUT2D eigenvalue weighted by molar-refractivity contribution is 0.0297. The number of aryl methyl sites for hydroxylation is 1. The van der Waals surface area contributed by atoms with Crippen molar-refractivity contribution in [2.75, 3.05) is 32.8 Å². The second-order valence-electron chi connectivity index (χ2n) is 8.14. The van der Waals surface area contributed by atoms with Crippen LogP contribution in [0.1, 0.15) is 47.1 Å². The normalized spacial score (nSPS) is 19.0. The molecule has 30 heavy (non-hydrogen) atoms. The molecule has 162 valence electrons. The highest BCUT2D eigenvalue weighted by molar-refractivity contribution is 6.31. The van der Waals surface area contributed by atoms with E-state index in [9.17, 15) is 4.79 Å². The van der Waals surface area contributed by atoms with Crippen molar-refractivity contribution in [3.05, 3.63) is 51.8 Å². The zero-order chi connectivity index (χ0) is 20.9. The van der Waals surface area contributed by atoms with E-state index in [1.54, 1.807) is 0 Å². The molecule has 1 aliphatic carbocycles. The topological polar surface area (TPSA) is 59.4 Å². The predicted octanol–water partition coefficient (Wildman–Crippen LogP) is 3.11. The third-order valence-corrected chi connectivity index (χ3v) is 6.44. The first kappa shape index (κ1) is 21.3. The fourth-order valence-electron chi connectivity index (χ4n) is 4.46. The van der Waals surface area contributed by atoms with Crippen LogP contribution in [0.15, 0.2) is 24.3 Å². The fraction of sp³-hybridized carbons (Fsp3) is 0.565. The number of nitrogens with one attached hydrogen (secondary N) is 1. The van der Waals surface area contributed by atoms with Crippen LogP contribution in [0, 0.1) is 0 Å². The molecule has 4 rings (SSSR count). The van der Waals surface area contributed by atoms with Crippen LogP contribution in [0.2, 0.25) is 5.02 Å². The van der Waals surface area contributed by atoms with Crippen LogP contribution in [0.5, 0.6) is 0 Å². The minimum atomic E-state index is 0.0566. The maximum Gasteiger partial charge on any atom is 0.274 e. The van der Waals surface area contributed by atoms with Gasteiger partial charge in [-0.3, -0.25) is 9.48 Å². The highest BCUT2D eigenvalue weighted by Crippen LogP contribution is 2.26. The SMILES string of the molecule is CCCn1nc(C(=O)N2CCOCC2)c2c1CCC(NCCc1ccccc1Cl)C2. The van der Waals surface area contributed by atoms with Gasteiger partial charge in [-0.05, 0) is 50.3 Å². The summed E-state index contributed by atoms with van der Waals surface area (Å²) in [5, 5.41) is 9.28. The van der Waals surface area contributed by atoms with Gasteiger partial charge in [0.15, 0.2) is 5.69 Å². The van der Waals surface area contributed by atoms with E-state index in [1.165, 1.54) is 11.3 Å². The molecule has 2 heterocycles. The Morgan fingerprint density at radius 1 is 1.30 bits per heavy atom. The van der Waals surface area contributed by atoms with Crippen LogP contribution in [-0.2, 0) is 30.5 Å². The molecule has 0 spiro atoms. The number of nitrogens with zero attached hydrogens (tertiary/aromatic N) is 3. The van der Waals surface area contributed by atoms with Crippen molar-refractivity contribution in [3.8, 4) is 0 Å². The molecule has 7 heteroatoms. The molecule has 6 nitrogen and oxygen atoms in total. The van der Waals surface area contributed by atoms with Gasteiger partial charge in [0.25, 0.3) is 5.91 Å². The van der Waals surface area contributed by atoms with Gasteiger partial charge >= 0.3 is 0 Å². The molecular weight excluding hydrogens is 400 g/mol. The summed E-state index contributed by atoms with van der Waals surface area (Å²) in [5.74, 6) is 0.0566. The van der Waals surface area contributed by atoms with Crippen molar-refractivity contribution in [3.63, 3.8) is 0 Å². The summed E-state index contributed by atoms with van der Waals surface area (Å²) in [5.41, 5.74) is 4.21. The van der Waals surface area contributed by atoms with Crippen LogP contribution in [0.3, 0.4) is 0 Å². The van der Waals surface area contributed by atoms with Gasteiger partial charge in [0.05, 0.1) is 13.2 Å². The van der Waals surface area contributed by atoms with E-state index < -0.39 is 0 Å². The van der Waals surface area contributed by atoms with E-state index in [2.05, 4.69) is 23.0 Å². The van der Waals surface area contributed by atoms with Crippen LogP contribution in [-0.4, -0.2) is 59.5 Å². The average Bonchev–Trinajstić information content (AvgIpc) is 3.13. The predicted molar refractivity (Wildman–Crippen MR) is 118 cm³/mol. The Balaban J connectivity index is 1.45. The van der Waals surface area contributed by atoms with Crippen molar-refractivity contribution < 1.29 is 9.53 Å². The highest BCUT2D eigenvalue weighted by Gasteiger charge is 2.31. The van der Waals surface area contributed by atoms with E-state index in [-0.39, 0.29) is 5.91 Å². The first-order valence-electron chi connectivity index (χ1n) is 11.1. The number of hydrogen-bond donors (Lipinski definition) is 1. The zero-order valence-corrected chi connectivity index (χ0v) is 18.5. The van der Waals surface area contributed by atoms with Crippen LogP contribution >= 0.6 is 11.6 Å². The number of carbonyl (C=O) groups is 1. The van der Waals surface area contributed by atoms with Gasteiger partial charge < -0.3 is 15.0 Å². The number of amides is 1. The minimum absolute atomic E-state index is 0.0566. The van der Waals surface area contributed by atoms with Crippen molar-refractivity contribution in [2.24, 2.45) is 0 Å². The first-order chi connectivity index (χ1) is 14.7. The Morgan fingerprint density at radius 3 is 2.87 bits per heavy atom. The van der Waals surface area contributed by atoms with Crippen LogP contribution < -0.4 is 5.32 Å². The molecule has 2 aliphatic rings. The summed E-state index contributed by atoms with van der Waals surface area (Å²) in [6, 6.07) is 8.37. The molecule has 1 fully saturated rings. The van der Waals surface area contributed by atoms with Gasteiger partial charge in [0.1, 0.15) is 0 Å². The molecule has 1 saturated heterocycles. The number of halogens is 1. The molecule has 1 aromatic carbocycles. The Kier molecular flexibility index (Phi) is 7.08. The van der Waals surface area contributed by atoms with Gasteiger partial charge in [-0.25, -0.2) is 0 Å². The second kappa shape index (κ2) is 9.94. The summed E-state index contributed by atoms with van der Waals surface area (Å²) in [4.78, 5) is 15.1. The van der Waals surface area contributed by atoms with Crippen molar-refractivity contribution >= 4 is 17.5 Å². The molecule has 2 aromatic rings. The van der Waals surface area contributed by atoms with Crippen LogP contribution in [0.4, 0.5) is 0 Å². The lowest BCUT2D eigenvalue weighted by Gasteiger charge is -2.28. The third-order valence-electron chi connectivity index (χ3n) is 6.07. The fourth-order valence-corrected chi connectivity index (χ4v) is 4.69. The molecule has 0 saturated carbocycles. The third kappa shape index (κ3) is 4.71. The summed E-state index contributed by atoms with van der Waals surface area (Å²) in [7, 11) is 0. The highest BCUT2D eigenvalue weighted by atomic mass is 35.5. The largest absolute Gasteiger partial charge is 0.378 e. The standard InChI is InChI=1S/C23H31ClN4O2/c1-2-11-28-21-8-7-18(25-10-9-17-5-3-4-6-20(17)24)16-19(21)22(26-28)23(29)27-12-14-30-15-13-27/h3-6,18,25H,2,7-16H2,1H3. The zero-order valence-electron chi connectivity index (χ0n) is 17.7. The Hall–Kier alpha value is -1.89. The van der Waals surface area contributed by atoms with Crippen LogP contribution in [0.25, 0.3) is 0 Å². The molecule has 1 atom stereocenters. The molecule has 1 amide bonds. The number of carbonyl (C=O) groups excluding carboxylic acids is 1.